The van der Waals surface area contributed by atoms with Crippen LogP contribution in [0.4, 0.5) is 0 Å². The van der Waals surface area contributed by atoms with Gasteiger partial charge in [-0.25, -0.2) is 0 Å². The van der Waals surface area contributed by atoms with Gasteiger partial charge in [-0.1, -0.05) is 36.4 Å². The van der Waals surface area contributed by atoms with Crippen LogP contribution in [0, 0.1) is 10.2 Å². The largest absolute Gasteiger partial charge is 0.183 e. The number of hydrogen-bond donors (Lipinski definition) is 1. The quantitative estimate of drug-likeness (QED) is 0.733. The molecule has 0 spiro atoms. The molecular weight excluding hydrogens is 323 g/mol. The summed E-state index contributed by atoms with van der Waals surface area (Å²) < 4.78 is 32.7. The van der Waals surface area contributed by atoms with E-state index in [0.717, 1.165) is 0 Å². The number of halogens is 1. The zero-order chi connectivity index (χ0) is 16.1. The van der Waals surface area contributed by atoms with Crippen LogP contribution in [0.5, 0.6) is 0 Å². The average molecular weight is 342 g/mol. The third kappa shape index (κ3) is 4.75. The first kappa shape index (κ1) is 17.4. The summed E-state index contributed by atoms with van der Waals surface area (Å²) in [5.74, 6) is 0. The van der Waals surface area contributed by atoms with E-state index < -0.39 is 17.5 Å². The van der Waals surface area contributed by atoms with Crippen LogP contribution in [-0.2, 0) is 0 Å². The third-order valence-corrected chi connectivity index (χ3v) is 8.56. The van der Waals surface area contributed by atoms with E-state index in [1.807, 2.05) is 0 Å². The molecule has 0 aromatic heterocycles. The highest BCUT2D eigenvalue weighted by Crippen LogP contribution is 2.61. The van der Waals surface area contributed by atoms with Gasteiger partial charge in [0.1, 0.15) is 0 Å². The fraction of sp³-hybridized carbons (Fsp3) is 0.250. The summed E-state index contributed by atoms with van der Waals surface area (Å²) in [4.78, 5) is 0. The van der Waals surface area contributed by atoms with Gasteiger partial charge in [0, 0.05) is 0 Å². The lowest BCUT2D eigenvalue weighted by atomic mass is 10.4. The molecule has 22 heavy (non-hydrogen) atoms. The van der Waals surface area contributed by atoms with Gasteiger partial charge in [0.15, 0.2) is 0 Å². The Morgan fingerprint density at radius 3 is 1.36 bits per heavy atom. The molecule has 0 bridgehead atoms. The molecule has 0 aliphatic carbocycles. The van der Waals surface area contributed by atoms with Crippen LogP contribution in [0.3, 0.4) is 0 Å². The molecule has 2 aromatic rings. The fourth-order valence-corrected chi connectivity index (χ4v) is 7.53. The Kier molecular flexibility index (Phi) is 5.93. The maximum Gasteiger partial charge on any atom is 0.0991 e. The van der Waals surface area contributed by atoms with Crippen LogP contribution in [0.15, 0.2) is 60.7 Å². The molecule has 0 amide bonds. The highest BCUT2D eigenvalue weighted by Gasteiger charge is 2.45. The zero-order valence-corrected chi connectivity index (χ0v) is 13.7. The Labute approximate surface area is 133 Å². The molecule has 1 N–H and O–H groups in total. The first-order valence-electron chi connectivity index (χ1n) is 7.03. The van der Waals surface area contributed by atoms with E-state index in [2.05, 4.69) is 60.7 Å². The Bertz CT molecular complexity index is 518. The molecule has 0 radical (unpaired) electrons. The first-order chi connectivity index (χ1) is 10.4. The van der Waals surface area contributed by atoms with Gasteiger partial charge in [-0.15, -0.1) is 0 Å². The van der Waals surface area contributed by atoms with Gasteiger partial charge >= 0.3 is 0 Å². The Hall–Kier alpha value is -1.00. The lowest BCUT2D eigenvalue weighted by Gasteiger charge is -2.22. The molecule has 1 aliphatic heterocycles. The lowest BCUT2D eigenvalue weighted by molar-refractivity contribution is -1.92. The second kappa shape index (κ2) is 7.51. The van der Waals surface area contributed by atoms with Crippen molar-refractivity contribution in [3.63, 3.8) is 0 Å². The molecule has 6 heteroatoms. The smallest absolute Gasteiger partial charge is 0.0991 e. The van der Waals surface area contributed by atoms with Crippen molar-refractivity contribution in [2.45, 2.75) is 12.8 Å². The van der Waals surface area contributed by atoms with Gasteiger partial charge in [0.2, 0.25) is 0 Å². The van der Waals surface area contributed by atoms with Crippen molar-refractivity contribution in [3.05, 3.63) is 60.7 Å². The summed E-state index contributed by atoms with van der Waals surface area (Å²) in [7, 11) is -5.75. The molecule has 3 rings (SSSR count). The number of benzene rings is 2. The molecule has 0 atom stereocenters. The summed E-state index contributed by atoms with van der Waals surface area (Å²) in [5.41, 5.74) is 0. The van der Waals surface area contributed by atoms with Crippen LogP contribution in [0.25, 0.3) is 0 Å². The van der Waals surface area contributed by atoms with E-state index in [0.29, 0.717) is 0 Å². The minimum Gasteiger partial charge on any atom is -0.183 e. The number of hydrogen-bond acceptors (Lipinski definition) is 4. The van der Waals surface area contributed by atoms with Gasteiger partial charge in [0.25, 0.3) is 0 Å². The maximum absolute atomic E-state index is 8.60. The minimum atomic E-state index is -4.69. The molecule has 1 heterocycles. The van der Waals surface area contributed by atoms with Crippen molar-refractivity contribution in [1.29, 1.82) is 0 Å². The van der Waals surface area contributed by atoms with E-state index in [4.69, 9.17) is 18.6 Å². The van der Waals surface area contributed by atoms with Crippen LogP contribution in [0.1, 0.15) is 12.8 Å². The first-order valence-corrected chi connectivity index (χ1v) is 10.5. The average Bonchev–Trinajstić information content (AvgIpc) is 2.98. The van der Waals surface area contributed by atoms with Crippen LogP contribution in [0.2, 0.25) is 0 Å². The third-order valence-electron chi connectivity index (χ3n) is 3.83. The van der Waals surface area contributed by atoms with Crippen LogP contribution >= 0.6 is 7.26 Å². The van der Waals surface area contributed by atoms with E-state index in [-0.39, 0.29) is 0 Å². The normalized spacial score (nSPS) is 16.7. The Morgan fingerprint density at radius 2 is 1.05 bits per heavy atom. The van der Waals surface area contributed by atoms with E-state index >= 15 is 0 Å². The SMILES string of the molecule is [O-][Cl+3]([O-])([O-])O.c1ccc([P+]2(c3ccccc3)CCCC2)cc1. The van der Waals surface area contributed by atoms with E-state index in [1.165, 1.54) is 25.2 Å². The molecule has 1 fully saturated rings. The topological polar surface area (TPSA) is 89.4 Å². The summed E-state index contributed by atoms with van der Waals surface area (Å²) in [6, 6.07) is 22.4. The molecule has 2 aromatic carbocycles. The van der Waals surface area contributed by atoms with Crippen molar-refractivity contribution in [3.8, 4) is 0 Å². The highest BCUT2D eigenvalue weighted by molar-refractivity contribution is 7.89. The van der Waals surface area contributed by atoms with Gasteiger partial charge < -0.3 is 0 Å². The molecule has 0 saturated carbocycles. The summed E-state index contributed by atoms with van der Waals surface area (Å²) in [6.07, 6.45) is 5.61. The summed E-state index contributed by atoms with van der Waals surface area (Å²) >= 11 is 0. The molecule has 4 nitrogen and oxygen atoms in total. The van der Waals surface area contributed by atoms with Gasteiger partial charge in [0.05, 0.1) is 45.1 Å². The van der Waals surface area contributed by atoms with Crippen molar-refractivity contribution in [2.75, 3.05) is 12.3 Å². The monoisotopic (exact) mass is 341 g/mol. The van der Waals surface area contributed by atoms with Crippen LogP contribution < -0.4 is 24.6 Å². The van der Waals surface area contributed by atoms with Crippen molar-refractivity contribution >= 4 is 17.9 Å². The standard InChI is InChI=1S/C16H18P.ClHO4/c1-3-9-15(10-4-1)17(13-7-8-14-17)16-11-5-2-6-12-16;2-1(3,4)5/h1-6,9-12H,7-8,13-14H2;(H,2,3,4,5)/q+1;. The predicted octanol–water partition coefficient (Wildman–Crippen LogP) is -0.675. The van der Waals surface area contributed by atoms with E-state index in [9.17, 15) is 0 Å². The van der Waals surface area contributed by atoms with Gasteiger partial charge in [-0.2, -0.15) is 14.0 Å². The number of rotatable bonds is 2. The summed E-state index contributed by atoms with van der Waals surface area (Å²) in [6.45, 7) is 0. The molecule has 0 unspecified atom stereocenters. The lowest BCUT2D eigenvalue weighted by Crippen LogP contribution is -2.58. The van der Waals surface area contributed by atoms with Gasteiger partial charge in [-0.05, 0) is 37.1 Å². The van der Waals surface area contributed by atoms with Crippen LogP contribution in [-0.4, -0.2) is 17.0 Å². The predicted molar refractivity (Wildman–Crippen MR) is 80.3 cm³/mol. The van der Waals surface area contributed by atoms with Crippen molar-refractivity contribution < 1.29 is 28.9 Å². The second-order valence-electron chi connectivity index (χ2n) is 5.19. The van der Waals surface area contributed by atoms with E-state index in [1.54, 1.807) is 10.6 Å². The Balaban J connectivity index is 0.000000309. The molecule has 1 saturated heterocycles. The fourth-order valence-electron chi connectivity index (χ4n) is 2.97. The zero-order valence-electron chi connectivity index (χ0n) is 12.1. The second-order valence-corrected chi connectivity index (χ2v) is 9.84. The molecular formula is C16H19ClO4P+. The van der Waals surface area contributed by atoms with Crippen molar-refractivity contribution in [1.82, 2.24) is 0 Å². The molecule has 118 valence electrons. The molecule has 1 aliphatic rings. The summed E-state index contributed by atoms with van der Waals surface area (Å²) in [5, 5.41) is 3.20. The van der Waals surface area contributed by atoms with Gasteiger partial charge in [-0.3, -0.25) is 0 Å². The highest BCUT2D eigenvalue weighted by atomic mass is 35.7. The van der Waals surface area contributed by atoms with Crippen molar-refractivity contribution in [2.24, 2.45) is 0 Å². The minimum absolute atomic E-state index is 1.05. The maximum atomic E-state index is 8.60. The Morgan fingerprint density at radius 1 is 0.727 bits per heavy atom.